The second-order valence-corrected chi connectivity index (χ2v) is 9.97. The van der Waals surface area contributed by atoms with Crippen molar-refractivity contribution in [2.24, 2.45) is 5.92 Å². The summed E-state index contributed by atoms with van der Waals surface area (Å²) in [5.41, 5.74) is 0.332. The summed E-state index contributed by atoms with van der Waals surface area (Å²) in [5.74, 6) is 0.270. The van der Waals surface area contributed by atoms with Crippen LogP contribution in [0.2, 0.25) is 0 Å². The lowest BCUT2D eigenvalue weighted by Gasteiger charge is -2.21. The van der Waals surface area contributed by atoms with Gasteiger partial charge in [0, 0.05) is 31.8 Å². The molecule has 1 aromatic carbocycles. The molecule has 0 aromatic heterocycles. The Hall–Kier alpha value is -1.47. The van der Waals surface area contributed by atoms with Crippen LogP contribution in [0.5, 0.6) is 0 Å². The second kappa shape index (κ2) is 13.0. The fraction of sp³-hybridized carbons (Fsp3) is 0.682. The molecule has 1 aliphatic heterocycles. The number of rotatable bonds is 8. The van der Waals surface area contributed by atoms with E-state index in [2.05, 4.69) is 19.2 Å². The molecule has 1 aliphatic rings. The zero-order valence-electron chi connectivity index (χ0n) is 18.3. The first-order valence-electron chi connectivity index (χ1n) is 10.6. The number of halogens is 1. The first kappa shape index (κ1) is 25.6. The molecule has 7 heteroatoms. The summed E-state index contributed by atoms with van der Waals surface area (Å²) in [7, 11) is -3.43. The third-order valence-corrected chi connectivity index (χ3v) is 6.28. The SMILES string of the molecule is CC1CCNCC1.CCCCCCN(Cc1ccc(S(C)(=O)=O)cc1F)C(C)=O. The van der Waals surface area contributed by atoms with E-state index in [1.807, 2.05) is 0 Å². The van der Waals surface area contributed by atoms with E-state index < -0.39 is 15.7 Å². The summed E-state index contributed by atoms with van der Waals surface area (Å²) in [5, 5.41) is 3.32. The molecule has 1 heterocycles. The maximum atomic E-state index is 14.0. The summed E-state index contributed by atoms with van der Waals surface area (Å²) in [6, 6.07) is 3.83. The predicted molar refractivity (Wildman–Crippen MR) is 116 cm³/mol. The lowest BCUT2D eigenvalue weighted by Crippen LogP contribution is -2.29. The molecule has 0 unspecified atom stereocenters. The van der Waals surface area contributed by atoms with Crippen molar-refractivity contribution in [2.45, 2.75) is 70.7 Å². The molecule has 1 amide bonds. The molecular weight excluding hydrogens is 391 g/mol. The highest BCUT2D eigenvalue weighted by atomic mass is 32.2. The maximum Gasteiger partial charge on any atom is 0.219 e. The minimum Gasteiger partial charge on any atom is -0.339 e. The van der Waals surface area contributed by atoms with Crippen LogP contribution in [0.15, 0.2) is 23.1 Å². The average molecular weight is 429 g/mol. The minimum absolute atomic E-state index is 0.0499. The van der Waals surface area contributed by atoms with Gasteiger partial charge in [0.1, 0.15) is 5.82 Å². The van der Waals surface area contributed by atoms with Crippen LogP contribution >= 0.6 is 0 Å². The van der Waals surface area contributed by atoms with Gasteiger partial charge < -0.3 is 10.2 Å². The molecule has 5 nitrogen and oxygen atoms in total. The largest absolute Gasteiger partial charge is 0.339 e. The van der Waals surface area contributed by atoms with Gasteiger partial charge in [0.05, 0.1) is 4.90 Å². The molecule has 0 spiro atoms. The lowest BCUT2D eigenvalue weighted by molar-refractivity contribution is -0.129. The van der Waals surface area contributed by atoms with Gasteiger partial charge in [0.15, 0.2) is 9.84 Å². The number of carbonyl (C=O) groups is 1. The number of nitrogens with one attached hydrogen (secondary N) is 1. The Labute approximate surface area is 176 Å². The van der Waals surface area contributed by atoms with Crippen LogP contribution in [0.3, 0.4) is 0 Å². The van der Waals surface area contributed by atoms with Crippen LogP contribution < -0.4 is 5.32 Å². The Balaban J connectivity index is 0.000000502. The lowest BCUT2D eigenvalue weighted by atomic mass is 10.0. The van der Waals surface area contributed by atoms with E-state index in [-0.39, 0.29) is 17.3 Å². The van der Waals surface area contributed by atoms with Gasteiger partial charge in [-0.2, -0.15) is 0 Å². The number of hydrogen-bond acceptors (Lipinski definition) is 4. The summed E-state index contributed by atoms with van der Waals surface area (Å²) in [6.07, 6.45) is 7.94. The van der Waals surface area contributed by atoms with E-state index >= 15 is 0 Å². The van der Waals surface area contributed by atoms with Crippen molar-refractivity contribution < 1.29 is 17.6 Å². The monoisotopic (exact) mass is 428 g/mol. The van der Waals surface area contributed by atoms with Crippen molar-refractivity contribution in [3.8, 4) is 0 Å². The zero-order valence-corrected chi connectivity index (χ0v) is 19.2. The zero-order chi connectivity index (χ0) is 21.9. The van der Waals surface area contributed by atoms with Crippen molar-refractivity contribution in [2.75, 3.05) is 25.9 Å². The number of carbonyl (C=O) groups excluding carboxylic acids is 1. The topological polar surface area (TPSA) is 66.5 Å². The van der Waals surface area contributed by atoms with E-state index in [4.69, 9.17) is 0 Å². The molecule has 0 bridgehead atoms. The Morgan fingerprint density at radius 1 is 1.21 bits per heavy atom. The maximum absolute atomic E-state index is 14.0. The fourth-order valence-electron chi connectivity index (χ4n) is 3.14. The molecule has 0 atom stereocenters. The first-order chi connectivity index (χ1) is 13.6. The summed E-state index contributed by atoms with van der Waals surface area (Å²) in [6.45, 7) is 9.12. The van der Waals surface area contributed by atoms with Crippen molar-refractivity contribution in [1.82, 2.24) is 10.2 Å². The first-order valence-corrected chi connectivity index (χ1v) is 12.5. The second-order valence-electron chi connectivity index (χ2n) is 7.96. The van der Waals surface area contributed by atoms with Crippen LogP contribution in [-0.4, -0.2) is 45.1 Å². The van der Waals surface area contributed by atoms with Gasteiger partial charge in [-0.3, -0.25) is 4.79 Å². The Kier molecular flexibility index (Phi) is 11.4. The van der Waals surface area contributed by atoms with E-state index in [0.717, 1.165) is 43.9 Å². The highest BCUT2D eigenvalue weighted by Gasteiger charge is 2.15. The van der Waals surface area contributed by atoms with Crippen LogP contribution in [-0.2, 0) is 21.2 Å². The Morgan fingerprint density at radius 2 is 1.86 bits per heavy atom. The van der Waals surface area contributed by atoms with Gasteiger partial charge >= 0.3 is 0 Å². The van der Waals surface area contributed by atoms with Gasteiger partial charge in [-0.05, 0) is 50.4 Å². The molecular formula is C22H37FN2O3S. The van der Waals surface area contributed by atoms with Crippen LogP contribution in [0.25, 0.3) is 0 Å². The third-order valence-electron chi connectivity index (χ3n) is 5.17. The normalized spacial score (nSPS) is 14.8. The molecule has 1 aromatic rings. The molecule has 0 aliphatic carbocycles. The molecule has 0 radical (unpaired) electrons. The van der Waals surface area contributed by atoms with E-state index in [9.17, 15) is 17.6 Å². The van der Waals surface area contributed by atoms with Crippen molar-refractivity contribution in [1.29, 1.82) is 0 Å². The Bertz CT molecular complexity index is 732. The van der Waals surface area contributed by atoms with Gasteiger partial charge in [-0.1, -0.05) is 39.2 Å². The summed E-state index contributed by atoms with van der Waals surface area (Å²) < 4.78 is 36.8. The molecule has 29 heavy (non-hydrogen) atoms. The number of benzene rings is 1. The minimum atomic E-state index is -3.43. The third kappa shape index (κ3) is 10.2. The number of nitrogens with zero attached hydrogens (tertiary/aromatic N) is 1. The van der Waals surface area contributed by atoms with E-state index in [1.165, 1.54) is 45.0 Å². The quantitative estimate of drug-likeness (QED) is 0.631. The van der Waals surface area contributed by atoms with Crippen LogP contribution in [0.1, 0.15) is 64.9 Å². The molecule has 1 fully saturated rings. The standard InChI is InChI=1S/C16H24FNO3S.C6H13N/c1-4-5-6-7-10-18(13(2)19)12-14-8-9-15(11-16(14)17)22(3,20)21;1-6-2-4-7-5-3-6/h8-9,11H,4-7,10,12H2,1-3H3;6-7H,2-5H2,1H3. The van der Waals surface area contributed by atoms with Crippen molar-refractivity contribution in [3.63, 3.8) is 0 Å². The fourth-order valence-corrected chi connectivity index (χ4v) is 3.77. The molecule has 2 rings (SSSR count). The number of piperidine rings is 1. The average Bonchev–Trinajstić information content (AvgIpc) is 2.65. The van der Waals surface area contributed by atoms with E-state index in [0.29, 0.717) is 12.1 Å². The van der Waals surface area contributed by atoms with E-state index in [1.54, 1.807) is 4.90 Å². The van der Waals surface area contributed by atoms with Crippen LogP contribution in [0.4, 0.5) is 4.39 Å². The Morgan fingerprint density at radius 3 is 2.31 bits per heavy atom. The molecule has 1 saturated heterocycles. The smallest absolute Gasteiger partial charge is 0.219 e. The van der Waals surface area contributed by atoms with Gasteiger partial charge in [0.2, 0.25) is 5.91 Å². The summed E-state index contributed by atoms with van der Waals surface area (Å²) in [4.78, 5) is 13.2. The number of sulfone groups is 1. The number of hydrogen-bond donors (Lipinski definition) is 1. The van der Waals surface area contributed by atoms with Crippen molar-refractivity contribution in [3.05, 3.63) is 29.6 Å². The molecule has 166 valence electrons. The van der Waals surface area contributed by atoms with Gasteiger partial charge in [-0.15, -0.1) is 0 Å². The highest BCUT2D eigenvalue weighted by Crippen LogP contribution is 2.17. The van der Waals surface area contributed by atoms with Gasteiger partial charge in [-0.25, -0.2) is 12.8 Å². The number of unbranched alkanes of at least 4 members (excludes halogenated alkanes) is 3. The highest BCUT2D eigenvalue weighted by molar-refractivity contribution is 7.90. The molecule has 1 N–H and O–H groups in total. The predicted octanol–water partition coefficient (Wildman–Crippen LogP) is 4.16. The van der Waals surface area contributed by atoms with Gasteiger partial charge in [0.25, 0.3) is 0 Å². The van der Waals surface area contributed by atoms with Crippen molar-refractivity contribution >= 4 is 15.7 Å². The number of amides is 1. The van der Waals surface area contributed by atoms with Crippen LogP contribution in [0, 0.1) is 11.7 Å². The summed E-state index contributed by atoms with van der Waals surface area (Å²) >= 11 is 0. The molecule has 0 saturated carbocycles.